The van der Waals surface area contributed by atoms with Crippen LogP contribution in [-0.2, 0) is 12.8 Å². The van der Waals surface area contributed by atoms with Crippen LogP contribution in [0.25, 0.3) is 0 Å². The Hall–Kier alpha value is -0.620. The Balaban J connectivity index is 1.83. The van der Waals surface area contributed by atoms with Crippen LogP contribution in [0.15, 0.2) is 60.7 Å². The van der Waals surface area contributed by atoms with Gasteiger partial charge >= 0.3 is 0 Å². The molecule has 0 bridgehead atoms. The van der Waals surface area contributed by atoms with Crippen LogP contribution in [-0.4, -0.2) is 12.1 Å². The van der Waals surface area contributed by atoms with Gasteiger partial charge in [0, 0.05) is 34.9 Å². The van der Waals surface area contributed by atoms with Gasteiger partial charge in [-0.05, 0) is 48.6 Å². The lowest BCUT2D eigenvalue weighted by Gasteiger charge is -2.19. The number of rotatable bonds is 9. The van der Waals surface area contributed by atoms with Crippen LogP contribution in [0.3, 0.4) is 0 Å². The number of hydrogen-bond donors (Lipinski definition) is 2. The normalized spacial score (nSPS) is 13.7. The zero-order valence-electron chi connectivity index (χ0n) is 12.5. The van der Waals surface area contributed by atoms with Gasteiger partial charge in [-0.3, -0.25) is 3.53 Å². The Kier molecular flexibility index (Phi) is 8.23. The average molecular weight is 429 g/mol. The minimum Gasteiger partial charge on any atom is -0.258 e. The Morgan fingerprint density at radius 3 is 1.68 bits per heavy atom. The van der Waals surface area contributed by atoms with Gasteiger partial charge in [0.25, 0.3) is 0 Å². The third-order valence-electron chi connectivity index (χ3n) is 3.82. The summed E-state index contributed by atoms with van der Waals surface area (Å²) in [7, 11) is 0. The maximum atomic E-state index is 5.93. The fourth-order valence-corrected chi connectivity index (χ4v) is 3.31. The Labute approximate surface area is 152 Å². The van der Waals surface area contributed by atoms with E-state index in [1.165, 1.54) is 11.1 Å². The van der Waals surface area contributed by atoms with Crippen LogP contribution >= 0.6 is 34.6 Å². The van der Waals surface area contributed by atoms with Gasteiger partial charge in [-0.1, -0.05) is 60.7 Å². The monoisotopic (exact) mass is 428 g/mol. The summed E-state index contributed by atoms with van der Waals surface area (Å²) < 4.78 is 3.39. The molecule has 0 saturated heterocycles. The summed E-state index contributed by atoms with van der Waals surface area (Å²) in [5, 5.41) is 0. The summed E-state index contributed by atoms with van der Waals surface area (Å²) in [5.41, 5.74) is 2.69. The van der Waals surface area contributed by atoms with Crippen molar-refractivity contribution in [2.75, 3.05) is 0 Å². The van der Waals surface area contributed by atoms with Crippen LogP contribution in [0.4, 0.5) is 0 Å². The first-order chi connectivity index (χ1) is 10.8. The van der Waals surface area contributed by atoms with Crippen molar-refractivity contribution >= 4 is 34.6 Å². The molecule has 0 fully saturated rings. The summed E-state index contributed by atoms with van der Waals surface area (Å²) in [4.78, 5) is 2.94. The summed E-state index contributed by atoms with van der Waals surface area (Å²) in [5.74, 6) is 0. The smallest absolute Gasteiger partial charge is 0.0261 e. The van der Waals surface area contributed by atoms with E-state index in [1.54, 1.807) is 0 Å². The number of halogens is 2. The van der Waals surface area contributed by atoms with E-state index < -0.39 is 0 Å². The molecular weight excluding hydrogens is 407 g/mol. The molecule has 4 heteroatoms. The lowest BCUT2D eigenvalue weighted by atomic mass is 9.97. The molecule has 0 aromatic heterocycles. The lowest BCUT2D eigenvalue weighted by Crippen LogP contribution is -2.29. The van der Waals surface area contributed by atoms with Gasteiger partial charge < -0.3 is 0 Å². The molecule has 0 aliphatic carbocycles. The van der Waals surface area contributed by atoms with E-state index in [1.807, 2.05) is 6.07 Å². The number of benzene rings is 2. The van der Waals surface area contributed by atoms with Gasteiger partial charge in [0.1, 0.15) is 0 Å². The fraction of sp³-hybridized carbons (Fsp3) is 0.333. The maximum Gasteiger partial charge on any atom is 0.0261 e. The van der Waals surface area contributed by atoms with E-state index in [0.29, 0.717) is 12.1 Å². The predicted octanol–water partition coefficient (Wildman–Crippen LogP) is 4.67. The molecular formula is C18H22ClIN2. The van der Waals surface area contributed by atoms with Gasteiger partial charge in [-0.2, -0.15) is 0 Å². The van der Waals surface area contributed by atoms with E-state index in [9.17, 15) is 0 Å². The Morgan fingerprint density at radius 2 is 1.23 bits per heavy atom. The van der Waals surface area contributed by atoms with E-state index >= 15 is 0 Å². The van der Waals surface area contributed by atoms with Crippen molar-refractivity contribution in [3.63, 3.8) is 0 Å². The molecule has 0 heterocycles. The highest BCUT2D eigenvalue weighted by Crippen LogP contribution is 2.13. The predicted molar refractivity (Wildman–Crippen MR) is 103 cm³/mol. The molecule has 2 aromatic rings. The summed E-state index contributed by atoms with van der Waals surface area (Å²) in [6.45, 7) is 0. The van der Waals surface area contributed by atoms with Crippen molar-refractivity contribution in [1.82, 2.24) is 8.37 Å². The van der Waals surface area contributed by atoms with Gasteiger partial charge in [-0.15, -0.1) is 0 Å². The summed E-state index contributed by atoms with van der Waals surface area (Å²) in [6, 6.07) is 21.9. The molecule has 118 valence electrons. The molecule has 2 N–H and O–H groups in total. The van der Waals surface area contributed by atoms with Crippen molar-refractivity contribution in [3.8, 4) is 0 Å². The molecule has 0 unspecified atom stereocenters. The van der Waals surface area contributed by atoms with Crippen molar-refractivity contribution in [2.45, 2.75) is 37.8 Å². The van der Waals surface area contributed by atoms with Gasteiger partial charge in [0.2, 0.25) is 0 Å². The zero-order chi connectivity index (χ0) is 15.6. The van der Waals surface area contributed by atoms with Crippen molar-refractivity contribution < 1.29 is 0 Å². The third kappa shape index (κ3) is 6.24. The van der Waals surface area contributed by atoms with E-state index in [0.717, 1.165) is 25.7 Å². The first-order valence-corrected chi connectivity index (χ1v) is 9.07. The van der Waals surface area contributed by atoms with Crippen LogP contribution in [0, 0.1) is 0 Å². The first kappa shape index (κ1) is 17.7. The molecule has 0 spiro atoms. The maximum absolute atomic E-state index is 5.93. The molecule has 2 nitrogen and oxygen atoms in total. The Morgan fingerprint density at radius 1 is 0.773 bits per heavy atom. The second kappa shape index (κ2) is 10.2. The average Bonchev–Trinajstić information content (AvgIpc) is 2.59. The minimum atomic E-state index is 0.298. The van der Waals surface area contributed by atoms with E-state index in [2.05, 4.69) is 85.8 Å². The lowest BCUT2D eigenvalue weighted by molar-refractivity contribution is 0.485. The first-order valence-electron chi connectivity index (χ1n) is 7.62. The van der Waals surface area contributed by atoms with Crippen LogP contribution < -0.4 is 8.37 Å². The SMILES string of the molecule is ClN[C@H](CC[C@H](Cc1ccccc1)NI)Cc1ccccc1. The molecule has 0 saturated carbocycles. The largest absolute Gasteiger partial charge is 0.258 e. The fourth-order valence-electron chi connectivity index (χ4n) is 2.59. The van der Waals surface area contributed by atoms with E-state index in [-0.39, 0.29) is 0 Å². The van der Waals surface area contributed by atoms with Gasteiger partial charge in [0.15, 0.2) is 0 Å². The van der Waals surface area contributed by atoms with Gasteiger partial charge in [0.05, 0.1) is 0 Å². The molecule has 2 rings (SSSR count). The number of nitrogens with one attached hydrogen (secondary N) is 2. The van der Waals surface area contributed by atoms with Crippen molar-refractivity contribution in [3.05, 3.63) is 71.8 Å². The standard InChI is InChI=1S/C18H22ClIN2/c19-21-17(13-15-7-3-1-4-8-15)11-12-18(22-20)14-16-9-5-2-6-10-16/h1-10,17-18,21-22H,11-14H2/t17-,18-/m1/s1. The highest BCUT2D eigenvalue weighted by molar-refractivity contribution is 14.1. The summed E-state index contributed by atoms with van der Waals surface area (Å²) in [6.07, 6.45) is 4.15. The van der Waals surface area contributed by atoms with Gasteiger partial charge in [-0.25, -0.2) is 4.84 Å². The second-order valence-corrected chi connectivity index (χ2v) is 6.41. The molecule has 0 amide bonds. The highest BCUT2D eigenvalue weighted by Gasteiger charge is 2.13. The minimum absolute atomic E-state index is 0.298. The van der Waals surface area contributed by atoms with Crippen molar-refractivity contribution in [2.24, 2.45) is 0 Å². The molecule has 0 radical (unpaired) electrons. The van der Waals surface area contributed by atoms with Crippen molar-refractivity contribution in [1.29, 1.82) is 0 Å². The van der Waals surface area contributed by atoms with Crippen LogP contribution in [0.2, 0.25) is 0 Å². The molecule has 0 aliphatic rings. The number of hydrogen-bond acceptors (Lipinski definition) is 2. The molecule has 2 aromatic carbocycles. The quantitative estimate of drug-likeness (QED) is 0.448. The van der Waals surface area contributed by atoms with Crippen LogP contribution in [0.1, 0.15) is 24.0 Å². The van der Waals surface area contributed by atoms with E-state index in [4.69, 9.17) is 11.8 Å². The summed E-state index contributed by atoms with van der Waals surface area (Å²) >= 11 is 8.19. The zero-order valence-corrected chi connectivity index (χ0v) is 15.4. The molecule has 2 atom stereocenters. The molecule has 0 aliphatic heterocycles. The third-order valence-corrected chi connectivity index (χ3v) is 5.01. The second-order valence-electron chi connectivity index (χ2n) is 5.57. The highest BCUT2D eigenvalue weighted by atomic mass is 127. The topological polar surface area (TPSA) is 24.1 Å². The Bertz CT molecular complexity index is 472. The molecule has 22 heavy (non-hydrogen) atoms. The van der Waals surface area contributed by atoms with Crippen LogP contribution in [0.5, 0.6) is 0 Å².